The summed E-state index contributed by atoms with van der Waals surface area (Å²) in [5, 5.41) is 3.42. The van der Waals surface area contributed by atoms with E-state index in [0.29, 0.717) is 5.49 Å². The highest BCUT2D eigenvalue weighted by Gasteiger charge is 1.93. The number of hydrogen-bond acceptors (Lipinski definition) is 3. The summed E-state index contributed by atoms with van der Waals surface area (Å²) in [6.07, 6.45) is 1.62. The zero-order valence-corrected chi connectivity index (χ0v) is 6.48. The predicted octanol–water partition coefficient (Wildman–Crippen LogP) is -1.50. The van der Waals surface area contributed by atoms with Gasteiger partial charge in [-0.3, -0.25) is 4.57 Å². The summed E-state index contributed by atoms with van der Waals surface area (Å²) in [6, 6.07) is 1.67. The summed E-state index contributed by atoms with van der Waals surface area (Å²) < 4.78 is 2.83. The fourth-order valence-electron chi connectivity index (χ4n) is 0.818. The summed E-state index contributed by atoms with van der Waals surface area (Å²) in [4.78, 5) is 11.2. The van der Waals surface area contributed by atoms with Crippen LogP contribution in [-0.2, 0) is 14.1 Å². The molecule has 1 aromatic rings. The van der Waals surface area contributed by atoms with E-state index in [2.05, 4.69) is 5.10 Å². The van der Waals surface area contributed by atoms with E-state index in [1.807, 2.05) is 0 Å². The molecule has 0 atom stereocenters. The molecule has 60 valence electrons. The largest absolute Gasteiger partial charge is 0.329 e. The van der Waals surface area contributed by atoms with Gasteiger partial charge in [-0.25, -0.2) is 4.79 Å². The minimum absolute atomic E-state index is 0.142. The van der Waals surface area contributed by atoms with Crippen LogP contribution in [0.25, 0.3) is 0 Å². The molecule has 0 fully saturated rings. The number of nitrogens with zero attached hydrogens (tertiary/aromatic N) is 3. The number of rotatable bonds is 0. The van der Waals surface area contributed by atoms with Gasteiger partial charge in [-0.15, -0.1) is 0 Å². The Labute approximate surface area is 63.4 Å². The van der Waals surface area contributed by atoms with Crippen LogP contribution in [0.15, 0.2) is 22.2 Å². The van der Waals surface area contributed by atoms with Crippen LogP contribution in [0.3, 0.4) is 0 Å². The first kappa shape index (κ1) is 7.59. The van der Waals surface area contributed by atoms with E-state index in [1.54, 1.807) is 26.4 Å². The van der Waals surface area contributed by atoms with Gasteiger partial charge in [0.05, 0.1) is 0 Å². The van der Waals surface area contributed by atoms with Gasteiger partial charge < -0.3 is 10.4 Å². The molecule has 0 aliphatic rings. The molecule has 0 bridgehead atoms. The van der Waals surface area contributed by atoms with Crippen molar-refractivity contribution in [2.75, 3.05) is 0 Å². The Morgan fingerprint density at radius 2 is 2.18 bits per heavy atom. The molecule has 5 heteroatoms. The SMILES string of the molecule is Cn1ccc(=NN)n(C)c1=O. The zero-order valence-electron chi connectivity index (χ0n) is 6.48. The summed E-state index contributed by atoms with van der Waals surface area (Å²) in [5.41, 5.74) is 0.324. The highest BCUT2D eigenvalue weighted by Crippen LogP contribution is 1.67. The van der Waals surface area contributed by atoms with E-state index in [4.69, 9.17) is 5.84 Å². The third-order valence-corrected chi connectivity index (χ3v) is 1.51. The van der Waals surface area contributed by atoms with Crippen LogP contribution < -0.4 is 17.0 Å². The molecule has 0 radical (unpaired) electrons. The highest BCUT2D eigenvalue weighted by atomic mass is 16.1. The van der Waals surface area contributed by atoms with Crippen molar-refractivity contribution in [2.24, 2.45) is 25.0 Å². The lowest BCUT2D eigenvalue weighted by atomic mass is 10.6. The minimum atomic E-state index is -0.142. The third kappa shape index (κ3) is 1.17. The molecule has 0 unspecified atom stereocenters. The molecule has 0 saturated heterocycles. The van der Waals surface area contributed by atoms with Crippen molar-refractivity contribution in [1.82, 2.24) is 9.13 Å². The van der Waals surface area contributed by atoms with Crippen LogP contribution in [0.2, 0.25) is 0 Å². The standard InChI is InChI=1S/C6H10N4O/c1-9-4-3-5(8-7)10(2)6(9)11/h3-4H,7H2,1-2H3. The third-order valence-electron chi connectivity index (χ3n) is 1.51. The second kappa shape index (κ2) is 2.61. The Kier molecular flexibility index (Phi) is 1.80. The molecule has 11 heavy (non-hydrogen) atoms. The molecule has 1 rings (SSSR count). The summed E-state index contributed by atoms with van der Waals surface area (Å²) in [7, 11) is 3.29. The minimum Gasteiger partial charge on any atom is -0.321 e. The summed E-state index contributed by atoms with van der Waals surface area (Å²) in [6.45, 7) is 0. The molecule has 2 N–H and O–H groups in total. The highest BCUT2D eigenvalue weighted by molar-refractivity contribution is 4.82. The molecule has 0 spiro atoms. The normalized spacial score (nSPS) is 12.0. The average molecular weight is 154 g/mol. The van der Waals surface area contributed by atoms with Gasteiger partial charge in [-0.1, -0.05) is 0 Å². The van der Waals surface area contributed by atoms with Gasteiger partial charge in [-0.2, -0.15) is 5.10 Å². The van der Waals surface area contributed by atoms with Crippen molar-refractivity contribution < 1.29 is 0 Å². The Hall–Kier alpha value is -1.52. The van der Waals surface area contributed by atoms with Crippen LogP contribution in [0.5, 0.6) is 0 Å². The van der Waals surface area contributed by atoms with Gasteiger partial charge >= 0.3 is 5.69 Å². The number of nitrogens with two attached hydrogens (primary N) is 1. The maximum Gasteiger partial charge on any atom is 0.329 e. The Bertz CT molecular complexity index is 373. The molecule has 1 aromatic heterocycles. The smallest absolute Gasteiger partial charge is 0.321 e. The average Bonchev–Trinajstić information content (AvgIpc) is 2.01. The molecule has 0 saturated carbocycles. The van der Waals surface area contributed by atoms with Gasteiger partial charge in [0.15, 0.2) is 5.49 Å². The molecule has 0 amide bonds. The van der Waals surface area contributed by atoms with E-state index in [-0.39, 0.29) is 5.69 Å². The van der Waals surface area contributed by atoms with Gasteiger partial charge in [0.1, 0.15) is 0 Å². The number of aryl methyl sites for hydroxylation is 1. The van der Waals surface area contributed by atoms with E-state index in [9.17, 15) is 4.79 Å². The summed E-state index contributed by atoms with van der Waals surface area (Å²) >= 11 is 0. The Balaban J connectivity index is 3.64. The van der Waals surface area contributed by atoms with Crippen LogP contribution in [-0.4, -0.2) is 9.13 Å². The van der Waals surface area contributed by atoms with Gasteiger partial charge in [0.25, 0.3) is 0 Å². The van der Waals surface area contributed by atoms with Gasteiger partial charge in [-0.05, 0) is 6.07 Å². The van der Waals surface area contributed by atoms with Gasteiger partial charge in [0, 0.05) is 20.3 Å². The molecular formula is C6H10N4O. The van der Waals surface area contributed by atoms with E-state index >= 15 is 0 Å². The Morgan fingerprint density at radius 3 is 2.73 bits per heavy atom. The first-order chi connectivity index (χ1) is 5.16. The van der Waals surface area contributed by atoms with E-state index < -0.39 is 0 Å². The van der Waals surface area contributed by atoms with Crippen LogP contribution in [0, 0.1) is 0 Å². The molecular weight excluding hydrogens is 144 g/mol. The molecule has 0 aliphatic carbocycles. The first-order valence-electron chi connectivity index (χ1n) is 3.13. The first-order valence-corrected chi connectivity index (χ1v) is 3.13. The second-order valence-electron chi connectivity index (χ2n) is 2.26. The topological polar surface area (TPSA) is 65.3 Å². The zero-order chi connectivity index (χ0) is 8.43. The lowest BCUT2D eigenvalue weighted by Gasteiger charge is -2.00. The van der Waals surface area contributed by atoms with Crippen molar-refractivity contribution in [2.45, 2.75) is 0 Å². The molecule has 5 nitrogen and oxygen atoms in total. The molecule has 0 aliphatic heterocycles. The van der Waals surface area contributed by atoms with Crippen LogP contribution >= 0.6 is 0 Å². The van der Waals surface area contributed by atoms with Crippen LogP contribution in [0.1, 0.15) is 0 Å². The van der Waals surface area contributed by atoms with Crippen molar-refractivity contribution in [3.63, 3.8) is 0 Å². The van der Waals surface area contributed by atoms with E-state index in [1.165, 1.54) is 9.13 Å². The van der Waals surface area contributed by atoms with Gasteiger partial charge in [0.2, 0.25) is 0 Å². The van der Waals surface area contributed by atoms with Crippen molar-refractivity contribution in [3.05, 3.63) is 28.2 Å². The maximum absolute atomic E-state index is 11.2. The fourth-order valence-corrected chi connectivity index (χ4v) is 0.818. The second-order valence-corrected chi connectivity index (χ2v) is 2.26. The Morgan fingerprint density at radius 1 is 1.55 bits per heavy atom. The summed E-state index contributed by atoms with van der Waals surface area (Å²) in [5.74, 6) is 5.03. The quantitative estimate of drug-likeness (QED) is 0.365. The van der Waals surface area contributed by atoms with Crippen molar-refractivity contribution in [3.8, 4) is 0 Å². The number of hydrogen-bond donors (Lipinski definition) is 1. The van der Waals surface area contributed by atoms with Crippen molar-refractivity contribution >= 4 is 0 Å². The number of aromatic nitrogens is 2. The predicted molar refractivity (Wildman–Crippen MR) is 40.4 cm³/mol. The fraction of sp³-hybridized carbons (Fsp3) is 0.333. The van der Waals surface area contributed by atoms with Crippen LogP contribution in [0.4, 0.5) is 0 Å². The maximum atomic E-state index is 11.2. The lowest BCUT2D eigenvalue weighted by Crippen LogP contribution is -2.36. The van der Waals surface area contributed by atoms with E-state index in [0.717, 1.165) is 0 Å². The van der Waals surface area contributed by atoms with Crippen molar-refractivity contribution in [1.29, 1.82) is 0 Å². The lowest BCUT2D eigenvalue weighted by molar-refractivity contribution is 0.669. The molecule has 0 aromatic carbocycles. The monoisotopic (exact) mass is 154 g/mol. The molecule has 1 heterocycles.